The molecule has 1 rings (SSSR count). The lowest BCUT2D eigenvalue weighted by molar-refractivity contribution is -0.145. The molecule has 1 aromatic rings. The van der Waals surface area contributed by atoms with Crippen molar-refractivity contribution in [2.75, 3.05) is 0 Å². The van der Waals surface area contributed by atoms with Crippen LogP contribution in [0.15, 0.2) is 24.3 Å². The van der Waals surface area contributed by atoms with E-state index >= 15 is 0 Å². The van der Waals surface area contributed by atoms with Crippen LogP contribution in [0.4, 0.5) is 0 Å². The molecule has 0 aromatic heterocycles. The summed E-state index contributed by atoms with van der Waals surface area (Å²) in [6.07, 6.45) is 1.44. The van der Waals surface area contributed by atoms with Crippen molar-refractivity contribution >= 4 is 5.97 Å². The molecule has 3 heteroatoms. The number of carbonyl (C=O) groups excluding carboxylic acids is 1. The zero-order chi connectivity index (χ0) is 12.2. The third kappa shape index (κ3) is 2.54. The van der Waals surface area contributed by atoms with Crippen LogP contribution in [0.1, 0.15) is 33.6 Å². The number of carbonyl (C=O) groups is 1. The topological polar surface area (TPSA) is 46.5 Å². The van der Waals surface area contributed by atoms with Gasteiger partial charge >= 0.3 is 5.97 Å². The lowest BCUT2D eigenvalue weighted by atomic mass is 9.85. The molecular formula is C13H18O3. The average Bonchev–Trinajstić information content (AvgIpc) is 2.31. The molecule has 0 saturated heterocycles. The summed E-state index contributed by atoms with van der Waals surface area (Å²) in [6, 6.07) is 6.49. The predicted molar refractivity (Wildman–Crippen MR) is 62.4 cm³/mol. The number of phenolic OH excluding ortho intramolecular Hbond substituents is 1. The van der Waals surface area contributed by atoms with Crippen LogP contribution >= 0.6 is 0 Å². The predicted octanol–water partition coefficient (Wildman–Crippen LogP) is 3.12. The van der Waals surface area contributed by atoms with Crippen molar-refractivity contribution in [2.24, 2.45) is 5.41 Å². The maximum absolute atomic E-state index is 11.9. The first-order chi connectivity index (χ1) is 7.53. The Hall–Kier alpha value is -1.51. The van der Waals surface area contributed by atoms with E-state index in [1.165, 1.54) is 6.07 Å². The Labute approximate surface area is 96.1 Å². The molecule has 1 aromatic carbocycles. The van der Waals surface area contributed by atoms with Crippen LogP contribution in [-0.2, 0) is 4.79 Å². The van der Waals surface area contributed by atoms with Crippen molar-refractivity contribution in [3.63, 3.8) is 0 Å². The van der Waals surface area contributed by atoms with Gasteiger partial charge in [-0.25, -0.2) is 0 Å². The number of phenols is 1. The molecule has 0 aliphatic carbocycles. The van der Waals surface area contributed by atoms with E-state index in [2.05, 4.69) is 0 Å². The molecule has 0 saturated carbocycles. The molecule has 0 radical (unpaired) electrons. The number of hydrogen-bond donors (Lipinski definition) is 1. The summed E-state index contributed by atoms with van der Waals surface area (Å²) >= 11 is 0. The van der Waals surface area contributed by atoms with Crippen molar-refractivity contribution in [3.8, 4) is 11.5 Å². The van der Waals surface area contributed by atoms with E-state index in [1.54, 1.807) is 18.2 Å². The van der Waals surface area contributed by atoms with Crippen molar-refractivity contribution in [2.45, 2.75) is 33.6 Å². The van der Waals surface area contributed by atoms with Crippen LogP contribution in [-0.4, -0.2) is 11.1 Å². The lowest BCUT2D eigenvalue weighted by Gasteiger charge is -2.23. The molecule has 0 amide bonds. The van der Waals surface area contributed by atoms with E-state index in [-0.39, 0.29) is 17.5 Å². The van der Waals surface area contributed by atoms with Gasteiger partial charge in [0, 0.05) is 0 Å². The number of esters is 1. The third-order valence-corrected chi connectivity index (χ3v) is 3.12. The fourth-order valence-electron chi connectivity index (χ4n) is 1.31. The van der Waals surface area contributed by atoms with Gasteiger partial charge in [-0.1, -0.05) is 26.0 Å². The highest BCUT2D eigenvalue weighted by Crippen LogP contribution is 2.31. The molecule has 0 unspecified atom stereocenters. The Kier molecular flexibility index (Phi) is 3.93. The van der Waals surface area contributed by atoms with Crippen LogP contribution in [0.5, 0.6) is 11.5 Å². The van der Waals surface area contributed by atoms with Gasteiger partial charge in [0.15, 0.2) is 11.5 Å². The minimum atomic E-state index is -0.484. The first kappa shape index (κ1) is 12.6. The van der Waals surface area contributed by atoms with E-state index in [4.69, 9.17) is 4.74 Å². The minimum absolute atomic E-state index is 0.00888. The molecule has 1 N–H and O–H groups in total. The lowest BCUT2D eigenvalue weighted by Crippen LogP contribution is -2.30. The van der Waals surface area contributed by atoms with Crippen LogP contribution in [0.25, 0.3) is 0 Å². The van der Waals surface area contributed by atoms with Gasteiger partial charge in [-0.2, -0.15) is 0 Å². The standard InChI is InChI=1S/C13H18O3/c1-4-13(3,5-2)12(15)16-11-9-7-6-8-10(11)14/h6-9,14H,4-5H2,1-3H3. The number of benzene rings is 1. The highest BCUT2D eigenvalue weighted by molar-refractivity contribution is 5.79. The molecule has 0 fully saturated rings. The van der Waals surface area contributed by atoms with Crippen molar-refractivity contribution < 1.29 is 14.6 Å². The fourth-order valence-corrected chi connectivity index (χ4v) is 1.31. The Balaban J connectivity index is 2.83. The molecule has 0 bridgehead atoms. The Morgan fingerprint density at radius 2 is 1.88 bits per heavy atom. The van der Waals surface area contributed by atoms with Gasteiger partial charge in [0.2, 0.25) is 0 Å². The monoisotopic (exact) mass is 222 g/mol. The number of ether oxygens (including phenoxy) is 1. The van der Waals surface area contributed by atoms with E-state index in [9.17, 15) is 9.90 Å². The summed E-state index contributed by atoms with van der Waals surface area (Å²) in [5.41, 5.74) is -0.484. The molecule has 0 aliphatic heterocycles. The molecular weight excluding hydrogens is 204 g/mol. The van der Waals surface area contributed by atoms with Crippen molar-refractivity contribution in [1.82, 2.24) is 0 Å². The van der Waals surface area contributed by atoms with Gasteiger partial charge in [0.25, 0.3) is 0 Å². The zero-order valence-electron chi connectivity index (χ0n) is 9.99. The average molecular weight is 222 g/mol. The van der Waals surface area contributed by atoms with Gasteiger partial charge in [-0.15, -0.1) is 0 Å². The van der Waals surface area contributed by atoms with Crippen LogP contribution < -0.4 is 4.74 Å². The zero-order valence-corrected chi connectivity index (χ0v) is 9.99. The quantitative estimate of drug-likeness (QED) is 0.629. The van der Waals surface area contributed by atoms with Crippen LogP contribution in [0.3, 0.4) is 0 Å². The largest absolute Gasteiger partial charge is 0.504 e. The van der Waals surface area contributed by atoms with E-state index in [0.29, 0.717) is 0 Å². The summed E-state index contributed by atoms with van der Waals surface area (Å²) in [6.45, 7) is 5.78. The van der Waals surface area contributed by atoms with Gasteiger partial charge in [-0.05, 0) is 31.9 Å². The molecule has 0 aliphatic rings. The summed E-state index contributed by atoms with van der Waals surface area (Å²) in [7, 11) is 0. The second-order valence-electron chi connectivity index (χ2n) is 4.13. The van der Waals surface area contributed by atoms with Crippen LogP contribution in [0.2, 0.25) is 0 Å². The second-order valence-corrected chi connectivity index (χ2v) is 4.13. The van der Waals surface area contributed by atoms with Crippen molar-refractivity contribution in [3.05, 3.63) is 24.3 Å². The van der Waals surface area contributed by atoms with E-state index in [1.807, 2.05) is 20.8 Å². The van der Waals surface area contributed by atoms with Gasteiger partial charge in [0.05, 0.1) is 5.41 Å². The fraction of sp³-hybridized carbons (Fsp3) is 0.462. The maximum Gasteiger partial charge on any atom is 0.317 e. The van der Waals surface area contributed by atoms with E-state index in [0.717, 1.165) is 12.8 Å². The summed E-state index contributed by atoms with van der Waals surface area (Å²) in [4.78, 5) is 11.9. The Bertz CT molecular complexity index is 367. The van der Waals surface area contributed by atoms with Crippen molar-refractivity contribution in [1.29, 1.82) is 0 Å². The van der Waals surface area contributed by atoms with Gasteiger partial charge in [-0.3, -0.25) is 4.79 Å². The smallest absolute Gasteiger partial charge is 0.317 e. The van der Waals surface area contributed by atoms with Gasteiger partial charge in [0.1, 0.15) is 0 Å². The third-order valence-electron chi connectivity index (χ3n) is 3.12. The maximum atomic E-state index is 11.9. The first-order valence-electron chi connectivity index (χ1n) is 5.53. The highest BCUT2D eigenvalue weighted by Gasteiger charge is 2.31. The molecule has 0 heterocycles. The molecule has 0 atom stereocenters. The second kappa shape index (κ2) is 5.01. The Morgan fingerprint density at radius 1 is 1.31 bits per heavy atom. The molecule has 88 valence electrons. The normalized spacial score (nSPS) is 11.2. The first-order valence-corrected chi connectivity index (χ1v) is 5.53. The number of para-hydroxylation sites is 2. The molecule has 16 heavy (non-hydrogen) atoms. The Morgan fingerprint density at radius 3 is 2.38 bits per heavy atom. The summed E-state index contributed by atoms with van der Waals surface area (Å²) in [5, 5.41) is 9.49. The summed E-state index contributed by atoms with van der Waals surface area (Å²) in [5.74, 6) is -0.0787. The van der Waals surface area contributed by atoms with E-state index < -0.39 is 5.41 Å². The van der Waals surface area contributed by atoms with Crippen LogP contribution in [0, 0.1) is 5.41 Å². The number of hydrogen-bond acceptors (Lipinski definition) is 3. The molecule has 3 nitrogen and oxygen atoms in total. The number of aromatic hydroxyl groups is 1. The SMILES string of the molecule is CCC(C)(CC)C(=O)Oc1ccccc1O. The molecule has 0 spiro atoms. The summed E-state index contributed by atoms with van der Waals surface area (Å²) < 4.78 is 5.20. The number of rotatable bonds is 4. The van der Waals surface area contributed by atoms with Gasteiger partial charge < -0.3 is 9.84 Å². The minimum Gasteiger partial charge on any atom is -0.504 e. The highest BCUT2D eigenvalue weighted by atomic mass is 16.5.